The van der Waals surface area contributed by atoms with Gasteiger partial charge in [-0.1, -0.05) is 0 Å². The molecule has 2 aromatic rings. The third-order valence-corrected chi connectivity index (χ3v) is 2.68. The van der Waals surface area contributed by atoms with Crippen LogP contribution in [0.1, 0.15) is 17.0 Å². The predicted molar refractivity (Wildman–Crippen MR) is 48.4 cm³/mol. The van der Waals surface area contributed by atoms with E-state index >= 15 is 0 Å². The number of hydrogen-bond donors (Lipinski definition) is 1. The Hall–Kier alpha value is -1.51. The number of nitrogens with one attached hydrogen (secondary N) is 1. The first kappa shape index (κ1) is 6.95. The van der Waals surface area contributed by atoms with Crippen molar-refractivity contribution in [2.45, 2.75) is 19.8 Å². The number of H-pyrrole nitrogens is 1. The highest BCUT2D eigenvalue weighted by Crippen LogP contribution is 2.33. The molecule has 0 aliphatic heterocycles. The summed E-state index contributed by atoms with van der Waals surface area (Å²) in [7, 11) is 0. The summed E-state index contributed by atoms with van der Waals surface area (Å²) >= 11 is 0. The molecule has 3 nitrogen and oxygen atoms in total. The topological polar surface area (TPSA) is 41.8 Å². The molecule has 2 heterocycles. The molecule has 0 fully saturated rings. The minimum absolute atomic E-state index is 0.996. The fourth-order valence-electron chi connectivity index (χ4n) is 1.96. The highest BCUT2D eigenvalue weighted by atomic mass is 16.3. The first-order chi connectivity index (χ1) is 6.36. The molecule has 0 saturated carbocycles. The van der Waals surface area contributed by atoms with Crippen LogP contribution in [0.15, 0.2) is 16.7 Å². The quantitative estimate of drug-likeness (QED) is 0.664. The first-order valence-electron chi connectivity index (χ1n) is 4.47. The van der Waals surface area contributed by atoms with Crippen LogP contribution in [-0.4, -0.2) is 10.2 Å². The van der Waals surface area contributed by atoms with Crippen molar-refractivity contribution < 1.29 is 4.42 Å². The minimum atomic E-state index is 0.996. The number of aromatic amines is 1. The molecular weight excluding hydrogens is 164 g/mol. The zero-order valence-electron chi connectivity index (χ0n) is 7.42. The monoisotopic (exact) mass is 174 g/mol. The molecule has 1 N–H and O–H groups in total. The van der Waals surface area contributed by atoms with Crippen molar-refractivity contribution in [2.75, 3.05) is 0 Å². The van der Waals surface area contributed by atoms with E-state index in [1.807, 2.05) is 6.07 Å². The number of hydrogen-bond acceptors (Lipinski definition) is 2. The highest BCUT2D eigenvalue weighted by Gasteiger charge is 2.22. The van der Waals surface area contributed by atoms with E-state index in [2.05, 4.69) is 17.1 Å². The Labute approximate surface area is 75.8 Å². The summed E-state index contributed by atoms with van der Waals surface area (Å²) in [5, 5.41) is 7.30. The molecule has 0 bridgehead atoms. The van der Waals surface area contributed by atoms with Crippen LogP contribution in [-0.2, 0) is 12.8 Å². The third-order valence-electron chi connectivity index (χ3n) is 2.68. The van der Waals surface area contributed by atoms with E-state index in [4.69, 9.17) is 4.42 Å². The third kappa shape index (κ3) is 0.813. The summed E-state index contributed by atoms with van der Waals surface area (Å²) < 4.78 is 5.37. The zero-order valence-corrected chi connectivity index (χ0v) is 7.42. The average Bonchev–Trinajstić information content (AvgIpc) is 2.70. The molecule has 3 rings (SSSR count). The largest absolute Gasteiger partial charge is 0.469 e. The number of fused-ring (bicyclic) bond motifs is 3. The van der Waals surface area contributed by atoms with Crippen molar-refractivity contribution >= 4 is 0 Å². The second kappa shape index (κ2) is 2.25. The molecule has 0 spiro atoms. The molecule has 0 radical (unpaired) electrons. The lowest BCUT2D eigenvalue weighted by atomic mass is 9.95. The Kier molecular flexibility index (Phi) is 1.20. The van der Waals surface area contributed by atoms with Gasteiger partial charge in [0, 0.05) is 23.2 Å². The SMILES string of the molecule is Cc1[nH]nc2c1CCc1occc1-2. The van der Waals surface area contributed by atoms with Crippen molar-refractivity contribution in [1.82, 2.24) is 10.2 Å². The molecule has 0 amide bonds. The van der Waals surface area contributed by atoms with Crippen LogP contribution < -0.4 is 0 Å². The number of furan rings is 1. The lowest BCUT2D eigenvalue weighted by molar-refractivity contribution is 0.507. The van der Waals surface area contributed by atoms with E-state index in [0.717, 1.165) is 29.9 Å². The molecule has 0 aromatic carbocycles. The maximum absolute atomic E-state index is 5.37. The summed E-state index contributed by atoms with van der Waals surface area (Å²) in [6, 6.07) is 1.99. The van der Waals surface area contributed by atoms with Gasteiger partial charge in [0.15, 0.2) is 0 Å². The van der Waals surface area contributed by atoms with Crippen LogP contribution in [0.4, 0.5) is 0 Å². The summed E-state index contributed by atoms with van der Waals surface area (Å²) in [5.74, 6) is 1.07. The molecule has 2 aromatic heterocycles. The van der Waals surface area contributed by atoms with Crippen LogP contribution in [0.2, 0.25) is 0 Å². The summed E-state index contributed by atoms with van der Waals surface area (Å²) in [4.78, 5) is 0. The van der Waals surface area contributed by atoms with E-state index in [0.29, 0.717) is 0 Å². The highest BCUT2D eigenvalue weighted by molar-refractivity contribution is 5.68. The number of aromatic nitrogens is 2. The van der Waals surface area contributed by atoms with Crippen LogP contribution in [0, 0.1) is 6.92 Å². The molecular formula is C10H10N2O. The Bertz CT molecular complexity index is 453. The second-order valence-electron chi connectivity index (χ2n) is 3.43. The molecule has 0 saturated heterocycles. The molecule has 13 heavy (non-hydrogen) atoms. The van der Waals surface area contributed by atoms with Crippen molar-refractivity contribution in [3.05, 3.63) is 29.3 Å². The van der Waals surface area contributed by atoms with Gasteiger partial charge in [-0.15, -0.1) is 0 Å². The van der Waals surface area contributed by atoms with Gasteiger partial charge in [0.1, 0.15) is 5.76 Å². The van der Waals surface area contributed by atoms with E-state index in [9.17, 15) is 0 Å². The standard InChI is InChI=1S/C10H10N2O/c1-6-7-2-3-9-8(4-5-13-9)10(7)12-11-6/h4-5H,2-3H2,1H3,(H,11,12). The summed E-state index contributed by atoms with van der Waals surface area (Å²) in [6.07, 6.45) is 3.78. The Morgan fingerprint density at radius 1 is 1.46 bits per heavy atom. The lowest BCUT2D eigenvalue weighted by Crippen LogP contribution is -2.00. The maximum Gasteiger partial charge on any atom is 0.113 e. The number of aryl methyl sites for hydroxylation is 2. The smallest absolute Gasteiger partial charge is 0.113 e. The van der Waals surface area contributed by atoms with Gasteiger partial charge in [0.2, 0.25) is 0 Å². The molecule has 0 atom stereocenters. The van der Waals surface area contributed by atoms with Crippen LogP contribution in [0.3, 0.4) is 0 Å². The fraction of sp³-hybridized carbons (Fsp3) is 0.300. The van der Waals surface area contributed by atoms with Gasteiger partial charge in [0.25, 0.3) is 0 Å². The van der Waals surface area contributed by atoms with Crippen molar-refractivity contribution in [2.24, 2.45) is 0 Å². The minimum Gasteiger partial charge on any atom is -0.469 e. The van der Waals surface area contributed by atoms with E-state index < -0.39 is 0 Å². The lowest BCUT2D eigenvalue weighted by Gasteiger charge is -2.09. The van der Waals surface area contributed by atoms with Gasteiger partial charge in [-0.25, -0.2) is 0 Å². The zero-order chi connectivity index (χ0) is 8.84. The fourth-order valence-corrected chi connectivity index (χ4v) is 1.96. The Morgan fingerprint density at radius 2 is 2.38 bits per heavy atom. The first-order valence-corrected chi connectivity index (χ1v) is 4.47. The van der Waals surface area contributed by atoms with E-state index in [-0.39, 0.29) is 0 Å². The van der Waals surface area contributed by atoms with Gasteiger partial charge in [-0.05, 0) is 19.4 Å². The number of nitrogens with zero attached hydrogens (tertiary/aromatic N) is 1. The molecule has 1 aliphatic rings. The van der Waals surface area contributed by atoms with Crippen molar-refractivity contribution in [1.29, 1.82) is 0 Å². The molecule has 0 unspecified atom stereocenters. The van der Waals surface area contributed by atoms with Gasteiger partial charge in [-0.2, -0.15) is 5.10 Å². The van der Waals surface area contributed by atoms with E-state index in [1.165, 1.54) is 11.3 Å². The van der Waals surface area contributed by atoms with E-state index in [1.54, 1.807) is 6.26 Å². The second-order valence-corrected chi connectivity index (χ2v) is 3.43. The van der Waals surface area contributed by atoms with Crippen LogP contribution in [0.25, 0.3) is 11.3 Å². The maximum atomic E-state index is 5.37. The van der Waals surface area contributed by atoms with Crippen molar-refractivity contribution in [3.8, 4) is 11.3 Å². The average molecular weight is 174 g/mol. The van der Waals surface area contributed by atoms with Gasteiger partial charge < -0.3 is 4.42 Å². The van der Waals surface area contributed by atoms with Gasteiger partial charge >= 0.3 is 0 Å². The van der Waals surface area contributed by atoms with Gasteiger partial charge in [0.05, 0.1) is 12.0 Å². The summed E-state index contributed by atoms with van der Waals surface area (Å²) in [6.45, 7) is 2.07. The number of rotatable bonds is 0. The predicted octanol–water partition coefficient (Wildman–Crippen LogP) is 2.08. The van der Waals surface area contributed by atoms with Crippen molar-refractivity contribution in [3.63, 3.8) is 0 Å². The van der Waals surface area contributed by atoms with Gasteiger partial charge in [-0.3, -0.25) is 5.10 Å². The molecule has 3 heteroatoms. The molecule has 1 aliphatic carbocycles. The Balaban J connectivity index is 2.31. The Morgan fingerprint density at radius 3 is 3.31 bits per heavy atom. The normalized spacial score (nSPS) is 13.9. The summed E-state index contributed by atoms with van der Waals surface area (Å²) in [5.41, 5.74) is 4.76. The van der Waals surface area contributed by atoms with Crippen LogP contribution in [0.5, 0.6) is 0 Å². The molecule has 66 valence electrons. The van der Waals surface area contributed by atoms with Crippen LogP contribution >= 0.6 is 0 Å².